The summed E-state index contributed by atoms with van der Waals surface area (Å²) in [5.41, 5.74) is -0.678. The number of sulfonamides is 1. The number of hydrogen-bond donors (Lipinski definition) is 0. The topological polar surface area (TPSA) is 70.0 Å². The van der Waals surface area contributed by atoms with Crippen LogP contribution in [0.1, 0.15) is 32.6 Å². The summed E-state index contributed by atoms with van der Waals surface area (Å²) >= 11 is 0. The zero-order valence-electron chi connectivity index (χ0n) is 13.2. The van der Waals surface area contributed by atoms with Gasteiger partial charge in [-0.15, -0.1) is 0 Å². The molecule has 22 heavy (non-hydrogen) atoms. The van der Waals surface area contributed by atoms with Gasteiger partial charge in [0, 0.05) is 25.6 Å². The molecule has 2 heterocycles. The van der Waals surface area contributed by atoms with Gasteiger partial charge in [-0.25, -0.2) is 12.7 Å². The van der Waals surface area contributed by atoms with Crippen molar-refractivity contribution in [2.75, 3.05) is 25.9 Å². The predicted octanol–water partition coefficient (Wildman–Crippen LogP) is 0.697. The highest BCUT2D eigenvalue weighted by molar-refractivity contribution is 7.88. The molecule has 1 amide bonds. The van der Waals surface area contributed by atoms with Crippen LogP contribution in [-0.2, 0) is 14.8 Å². The predicted molar refractivity (Wildman–Crippen MR) is 82.9 cm³/mol. The van der Waals surface area contributed by atoms with Crippen LogP contribution in [0.15, 0.2) is 4.99 Å². The van der Waals surface area contributed by atoms with Gasteiger partial charge in [0.2, 0.25) is 10.0 Å². The molecular formula is C15H23N3O3S. The molecule has 3 fully saturated rings. The van der Waals surface area contributed by atoms with Crippen LogP contribution in [-0.4, -0.2) is 60.8 Å². The van der Waals surface area contributed by atoms with Crippen molar-refractivity contribution < 1.29 is 13.2 Å². The molecule has 0 aromatic rings. The van der Waals surface area contributed by atoms with Crippen LogP contribution in [0.5, 0.6) is 0 Å². The van der Waals surface area contributed by atoms with Crippen LogP contribution < -0.4 is 0 Å². The highest BCUT2D eigenvalue weighted by atomic mass is 32.2. The highest BCUT2D eigenvalue weighted by Gasteiger charge is 2.61. The van der Waals surface area contributed by atoms with Crippen molar-refractivity contribution in [3.05, 3.63) is 0 Å². The van der Waals surface area contributed by atoms with E-state index in [0.717, 1.165) is 25.2 Å². The number of fused-ring (bicyclic) bond motifs is 2. The Bertz CT molecular complexity index is 655. The first-order valence-electron chi connectivity index (χ1n) is 8.15. The van der Waals surface area contributed by atoms with E-state index in [4.69, 9.17) is 4.99 Å². The Balaban J connectivity index is 1.61. The fourth-order valence-corrected chi connectivity index (χ4v) is 5.38. The number of carbonyl (C=O) groups is 1. The molecule has 0 aromatic carbocycles. The Kier molecular flexibility index (Phi) is 3.02. The summed E-state index contributed by atoms with van der Waals surface area (Å²) in [6.07, 6.45) is 5.34. The third kappa shape index (κ3) is 2.05. The average Bonchev–Trinajstić information content (AvgIpc) is 2.94. The van der Waals surface area contributed by atoms with Crippen molar-refractivity contribution >= 4 is 21.8 Å². The van der Waals surface area contributed by atoms with Gasteiger partial charge in [-0.2, -0.15) is 0 Å². The molecular weight excluding hydrogens is 302 g/mol. The van der Waals surface area contributed by atoms with Crippen molar-refractivity contribution in [1.29, 1.82) is 0 Å². The quantitative estimate of drug-likeness (QED) is 0.767. The third-order valence-electron chi connectivity index (χ3n) is 5.89. The SMILES string of the molecule is CC1=N[C@@]2(CC[C@@H]3CN(S(C)(=O)=O)C[C@@H]32)C(=O)N1CC1CC1. The summed E-state index contributed by atoms with van der Waals surface area (Å²) in [6.45, 7) is 3.72. The Labute approximate surface area is 131 Å². The van der Waals surface area contributed by atoms with Crippen molar-refractivity contribution in [3.63, 3.8) is 0 Å². The van der Waals surface area contributed by atoms with E-state index in [2.05, 4.69) is 0 Å². The summed E-state index contributed by atoms with van der Waals surface area (Å²) < 4.78 is 25.2. The molecule has 1 spiro atoms. The maximum atomic E-state index is 13.0. The van der Waals surface area contributed by atoms with Gasteiger partial charge in [-0.05, 0) is 44.4 Å². The van der Waals surface area contributed by atoms with Crippen molar-refractivity contribution in [2.45, 2.75) is 38.1 Å². The molecule has 1 saturated heterocycles. The van der Waals surface area contributed by atoms with E-state index in [-0.39, 0.29) is 17.7 Å². The third-order valence-corrected chi connectivity index (χ3v) is 7.13. The fourth-order valence-electron chi connectivity index (χ4n) is 4.48. The Hall–Kier alpha value is -0.950. The number of amidine groups is 1. The number of nitrogens with zero attached hydrogens (tertiary/aromatic N) is 3. The molecule has 0 radical (unpaired) electrons. The lowest BCUT2D eigenvalue weighted by Gasteiger charge is -2.28. The van der Waals surface area contributed by atoms with E-state index in [1.54, 1.807) is 0 Å². The maximum Gasteiger partial charge on any atom is 0.256 e. The summed E-state index contributed by atoms with van der Waals surface area (Å²) in [7, 11) is -3.18. The van der Waals surface area contributed by atoms with E-state index in [9.17, 15) is 13.2 Å². The van der Waals surface area contributed by atoms with E-state index >= 15 is 0 Å². The summed E-state index contributed by atoms with van der Waals surface area (Å²) in [4.78, 5) is 19.7. The van der Waals surface area contributed by atoms with Crippen LogP contribution in [0.2, 0.25) is 0 Å². The Morgan fingerprint density at radius 1 is 1.27 bits per heavy atom. The first-order valence-corrected chi connectivity index (χ1v) is 9.99. The highest BCUT2D eigenvalue weighted by Crippen LogP contribution is 2.51. The number of aliphatic imine (C=N–C) groups is 1. The van der Waals surface area contributed by atoms with Gasteiger partial charge < -0.3 is 0 Å². The second-order valence-electron chi connectivity index (χ2n) is 7.43. The zero-order chi connectivity index (χ0) is 15.7. The van der Waals surface area contributed by atoms with Crippen molar-refractivity contribution in [3.8, 4) is 0 Å². The largest absolute Gasteiger partial charge is 0.298 e. The average molecular weight is 325 g/mol. The number of carbonyl (C=O) groups excluding carboxylic acids is 1. The number of amides is 1. The van der Waals surface area contributed by atoms with Crippen LogP contribution in [0.3, 0.4) is 0 Å². The van der Waals surface area contributed by atoms with E-state index < -0.39 is 15.6 Å². The van der Waals surface area contributed by atoms with Crippen LogP contribution in [0.25, 0.3) is 0 Å². The van der Waals surface area contributed by atoms with E-state index in [1.165, 1.54) is 23.4 Å². The van der Waals surface area contributed by atoms with Crippen LogP contribution >= 0.6 is 0 Å². The van der Waals surface area contributed by atoms with Crippen molar-refractivity contribution in [2.24, 2.45) is 22.7 Å². The molecule has 0 unspecified atom stereocenters. The molecule has 3 atom stereocenters. The molecule has 7 heteroatoms. The summed E-state index contributed by atoms with van der Waals surface area (Å²) in [5.74, 6) is 1.91. The molecule has 0 N–H and O–H groups in total. The molecule has 4 rings (SSSR count). The van der Waals surface area contributed by atoms with Gasteiger partial charge in [-0.3, -0.25) is 14.7 Å². The van der Waals surface area contributed by atoms with Gasteiger partial charge in [0.25, 0.3) is 5.91 Å². The molecule has 2 aliphatic carbocycles. The van der Waals surface area contributed by atoms with E-state index in [1.807, 2.05) is 11.8 Å². The summed E-state index contributed by atoms with van der Waals surface area (Å²) in [6, 6.07) is 0. The van der Waals surface area contributed by atoms with Gasteiger partial charge in [0.1, 0.15) is 11.4 Å². The molecule has 0 aromatic heterocycles. The van der Waals surface area contributed by atoms with Gasteiger partial charge in [0.15, 0.2) is 0 Å². The minimum atomic E-state index is -3.18. The standard InChI is InChI=1S/C15H23N3O3S/c1-10-16-15(14(19)18(10)7-11-3-4-11)6-5-12-8-17(9-13(12)15)22(2,20)21/h11-13H,3-9H2,1-2H3/t12-,13+,15-/m1/s1. The lowest BCUT2D eigenvalue weighted by Crippen LogP contribution is -2.47. The second kappa shape index (κ2) is 4.54. The number of hydrogen-bond acceptors (Lipinski definition) is 4. The van der Waals surface area contributed by atoms with Crippen molar-refractivity contribution in [1.82, 2.24) is 9.21 Å². The van der Waals surface area contributed by atoms with Gasteiger partial charge in [-0.1, -0.05) is 0 Å². The van der Waals surface area contributed by atoms with Crippen LogP contribution in [0.4, 0.5) is 0 Å². The second-order valence-corrected chi connectivity index (χ2v) is 9.41. The molecule has 122 valence electrons. The number of rotatable bonds is 3. The smallest absolute Gasteiger partial charge is 0.256 e. The van der Waals surface area contributed by atoms with E-state index in [0.29, 0.717) is 19.0 Å². The van der Waals surface area contributed by atoms with Gasteiger partial charge >= 0.3 is 0 Å². The molecule has 6 nitrogen and oxygen atoms in total. The maximum absolute atomic E-state index is 13.0. The molecule has 2 saturated carbocycles. The molecule has 4 aliphatic rings. The molecule has 2 aliphatic heterocycles. The summed E-state index contributed by atoms with van der Waals surface area (Å²) in [5, 5.41) is 0. The van der Waals surface area contributed by atoms with Crippen LogP contribution in [0, 0.1) is 17.8 Å². The van der Waals surface area contributed by atoms with Gasteiger partial charge in [0.05, 0.1) is 6.26 Å². The zero-order valence-corrected chi connectivity index (χ0v) is 14.0. The molecule has 0 bridgehead atoms. The minimum Gasteiger partial charge on any atom is -0.298 e. The Morgan fingerprint density at radius 3 is 2.64 bits per heavy atom. The monoisotopic (exact) mass is 325 g/mol. The Morgan fingerprint density at radius 2 is 2.00 bits per heavy atom. The lowest BCUT2D eigenvalue weighted by molar-refractivity contribution is -0.132. The minimum absolute atomic E-state index is 0.0499. The lowest BCUT2D eigenvalue weighted by atomic mass is 9.85. The first kappa shape index (κ1) is 14.6. The first-order chi connectivity index (χ1) is 10.3. The fraction of sp³-hybridized carbons (Fsp3) is 0.867. The normalized spacial score (nSPS) is 38.9.